The van der Waals surface area contributed by atoms with E-state index in [1.54, 1.807) is 18.3 Å². The molecule has 3 aromatic rings. The van der Waals surface area contributed by atoms with E-state index in [0.717, 1.165) is 6.39 Å². The second kappa shape index (κ2) is 6.42. The molecule has 0 radical (unpaired) electrons. The van der Waals surface area contributed by atoms with Crippen molar-refractivity contribution in [1.82, 2.24) is 20.0 Å². The normalized spacial score (nSPS) is 11.1. The van der Waals surface area contributed by atoms with Crippen LogP contribution < -0.4 is 4.74 Å². The summed E-state index contributed by atoms with van der Waals surface area (Å²) in [4.78, 5) is 3.75. The van der Waals surface area contributed by atoms with Crippen molar-refractivity contribution in [2.45, 2.75) is 19.6 Å². The Balaban J connectivity index is 1.63. The molecule has 0 bridgehead atoms. The van der Waals surface area contributed by atoms with Gasteiger partial charge in [0.05, 0.1) is 12.7 Å². The molecule has 1 N–H and O–H groups in total. The van der Waals surface area contributed by atoms with Crippen LogP contribution >= 0.6 is 0 Å². The van der Waals surface area contributed by atoms with Gasteiger partial charge >= 0.3 is 0 Å². The van der Waals surface area contributed by atoms with Crippen molar-refractivity contribution >= 4 is 0 Å². The standard InChI is InChI=1S/C14H12F2N4O3/c15-14(16)13-12(17-8-23-13)6-20-5-9(18-19-20)7-22-11-3-1-2-10(21)4-11/h1-5,8,14,21H,6-7H2. The fourth-order valence-corrected chi connectivity index (χ4v) is 1.94. The minimum absolute atomic E-state index is 0.0231. The van der Waals surface area contributed by atoms with Gasteiger partial charge in [0.2, 0.25) is 0 Å². The van der Waals surface area contributed by atoms with Crippen molar-refractivity contribution in [3.8, 4) is 11.5 Å². The van der Waals surface area contributed by atoms with E-state index >= 15 is 0 Å². The van der Waals surface area contributed by atoms with Crippen LogP contribution in [0.15, 0.2) is 41.3 Å². The number of rotatable bonds is 6. The molecule has 0 aliphatic heterocycles. The summed E-state index contributed by atoms with van der Waals surface area (Å²) in [6.07, 6.45) is -0.198. The summed E-state index contributed by atoms with van der Waals surface area (Å²) in [6, 6.07) is 6.34. The van der Waals surface area contributed by atoms with Crippen molar-refractivity contribution in [3.05, 3.63) is 54.0 Å². The van der Waals surface area contributed by atoms with E-state index in [1.807, 2.05) is 0 Å². The van der Waals surface area contributed by atoms with Crippen LogP contribution in [-0.4, -0.2) is 25.1 Å². The number of ether oxygens (including phenoxy) is 1. The topological polar surface area (TPSA) is 86.2 Å². The summed E-state index contributed by atoms with van der Waals surface area (Å²) in [6.45, 7) is 0.152. The number of phenolic OH excluding ortho intramolecular Hbond substituents is 1. The van der Waals surface area contributed by atoms with Gasteiger partial charge in [-0.2, -0.15) is 0 Å². The largest absolute Gasteiger partial charge is 0.508 e. The van der Waals surface area contributed by atoms with E-state index in [9.17, 15) is 13.9 Å². The molecule has 0 aliphatic carbocycles. The lowest BCUT2D eigenvalue weighted by Gasteiger charge is -2.03. The van der Waals surface area contributed by atoms with E-state index in [4.69, 9.17) is 4.74 Å². The van der Waals surface area contributed by atoms with Crippen LogP contribution in [0, 0.1) is 0 Å². The molecular weight excluding hydrogens is 310 g/mol. The second-order valence-corrected chi connectivity index (χ2v) is 4.66. The van der Waals surface area contributed by atoms with Crippen molar-refractivity contribution in [1.29, 1.82) is 0 Å². The van der Waals surface area contributed by atoms with E-state index in [1.165, 1.54) is 16.8 Å². The fraction of sp³-hybridized carbons (Fsp3) is 0.214. The number of halogens is 2. The molecule has 120 valence electrons. The number of oxazole rings is 1. The minimum atomic E-state index is -2.73. The first-order valence-corrected chi connectivity index (χ1v) is 6.63. The first-order valence-electron chi connectivity index (χ1n) is 6.63. The molecule has 0 saturated heterocycles. The SMILES string of the molecule is Oc1cccc(OCc2cn(Cc3ncoc3C(F)F)nn2)c1. The van der Waals surface area contributed by atoms with Gasteiger partial charge < -0.3 is 14.3 Å². The summed E-state index contributed by atoms with van der Waals surface area (Å²) < 4.78 is 36.9. The number of aromatic nitrogens is 4. The molecule has 23 heavy (non-hydrogen) atoms. The molecule has 3 rings (SSSR count). The molecule has 0 atom stereocenters. The Morgan fingerprint density at radius 3 is 3.00 bits per heavy atom. The Kier molecular flexibility index (Phi) is 4.18. The molecule has 2 heterocycles. The molecule has 2 aromatic heterocycles. The van der Waals surface area contributed by atoms with Gasteiger partial charge in [-0.15, -0.1) is 5.10 Å². The molecule has 0 fully saturated rings. The van der Waals surface area contributed by atoms with E-state index in [-0.39, 0.29) is 24.6 Å². The third kappa shape index (κ3) is 3.62. The maximum atomic E-state index is 12.7. The third-order valence-electron chi connectivity index (χ3n) is 2.97. The first kappa shape index (κ1) is 14.9. The van der Waals surface area contributed by atoms with Crippen molar-refractivity contribution < 1.29 is 23.0 Å². The quantitative estimate of drug-likeness (QED) is 0.750. The molecule has 0 unspecified atom stereocenters. The zero-order valence-electron chi connectivity index (χ0n) is 11.8. The number of nitrogens with zero attached hydrogens (tertiary/aromatic N) is 4. The number of alkyl halides is 2. The number of aromatic hydroxyl groups is 1. The lowest BCUT2D eigenvalue weighted by molar-refractivity contribution is 0.120. The molecule has 0 spiro atoms. The molecular formula is C14H12F2N4O3. The zero-order chi connectivity index (χ0) is 16.2. The fourth-order valence-electron chi connectivity index (χ4n) is 1.94. The Hall–Kier alpha value is -2.97. The van der Waals surface area contributed by atoms with Gasteiger partial charge in [-0.05, 0) is 12.1 Å². The molecule has 1 aromatic carbocycles. The van der Waals surface area contributed by atoms with Crippen molar-refractivity contribution in [3.63, 3.8) is 0 Å². The molecule has 0 aliphatic rings. The van der Waals surface area contributed by atoms with Crippen LogP contribution in [0.2, 0.25) is 0 Å². The van der Waals surface area contributed by atoms with Gasteiger partial charge in [0, 0.05) is 6.07 Å². The maximum absolute atomic E-state index is 12.7. The highest BCUT2D eigenvalue weighted by Crippen LogP contribution is 2.22. The summed E-state index contributed by atoms with van der Waals surface area (Å²) in [5.41, 5.74) is 0.612. The lowest BCUT2D eigenvalue weighted by atomic mass is 10.3. The Bertz CT molecular complexity index is 788. The summed E-state index contributed by atoms with van der Waals surface area (Å²) in [7, 11) is 0. The van der Waals surface area contributed by atoms with Gasteiger partial charge in [0.25, 0.3) is 6.43 Å². The zero-order valence-corrected chi connectivity index (χ0v) is 11.8. The minimum Gasteiger partial charge on any atom is -0.508 e. The monoisotopic (exact) mass is 322 g/mol. The van der Waals surface area contributed by atoms with Crippen LogP contribution in [0.4, 0.5) is 8.78 Å². The van der Waals surface area contributed by atoms with Crippen LogP contribution in [0.1, 0.15) is 23.6 Å². The van der Waals surface area contributed by atoms with Crippen LogP contribution in [0.25, 0.3) is 0 Å². The van der Waals surface area contributed by atoms with E-state index < -0.39 is 12.2 Å². The lowest BCUT2D eigenvalue weighted by Crippen LogP contribution is -2.03. The van der Waals surface area contributed by atoms with Crippen LogP contribution in [0.5, 0.6) is 11.5 Å². The third-order valence-corrected chi connectivity index (χ3v) is 2.97. The van der Waals surface area contributed by atoms with Crippen LogP contribution in [0.3, 0.4) is 0 Å². The second-order valence-electron chi connectivity index (χ2n) is 4.66. The number of hydrogen-bond acceptors (Lipinski definition) is 6. The van der Waals surface area contributed by atoms with E-state index in [2.05, 4.69) is 19.7 Å². The number of benzene rings is 1. The highest BCUT2D eigenvalue weighted by molar-refractivity contribution is 5.31. The average molecular weight is 322 g/mol. The smallest absolute Gasteiger partial charge is 0.297 e. The molecule has 0 saturated carbocycles. The first-order chi connectivity index (χ1) is 11.1. The predicted molar refractivity (Wildman–Crippen MR) is 73.0 cm³/mol. The Morgan fingerprint density at radius 2 is 2.22 bits per heavy atom. The van der Waals surface area contributed by atoms with Gasteiger partial charge in [-0.25, -0.2) is 18.4 Å². The highest BCUT2D eigenvalue weighted by atomic mass is 19.3. The predicted octanol–water partition coefficient (Wildman–Crippen LogP) is 2.54. The summed E-state index contributed by atoms with van der Waals surface area (Å²) in [5, 5.41) is 17.1. The Morgan fingerprint density at radius 1 is 1.35 bits per heavy atom. The van der Waals surface area contributed by atoms with E-state index in [0.29, 0.717) is 11.4 Å². The average Bonchev–Trinajstić information content (AvgIpc) is 3.15. The number of hydrogen-bond donors (Lipinski definition) is 1. The number of phenols is 1. The van der Waals surface area contributed by atoms with Crippen molar-refractivity contribution in [2.75, 3.05) is 0 Å². The molecule has 0 amide bonds. The Labute approximate surface area is 129 Å². The maximum Gasteiger partial charge on any atom is 0.297 e. The highest BCUT2D eigenvalue weighted by Gasteiger charge is 2.19. The summed E-state index contributed by atoms with van der Waals surface area (Å²) >= 11 is 0. The summed E-state index contributed by atoms with van der Waals surface area (Å²) in [5.74, 6) is 0.103. The molecule has 9 heteroatoms. The van der Waals surface area contributed by atoms with Crippen molar-refractivity contribution in [2.24, 2.45) is 0 Å². The van der Waals surface area contributed by atoms with Gasteiger partial charge in [-0.3, -0.25) is 0 Å². The van der Waals surface area contributed by atoms with Gasteiger partial charge in [0.15, 0.2) is 12.2 Å². The van der Waals surface area contributed by atoms with Gasteiger partial charge in [-0.1, -0.05) is 11.3 Å². The molecule has 7 nitrogen and oxygen atoms in total. The van der Waals surface area contributed by atoms with Gasteiger partial charge in [0.1, 0.15) is 29.5 Å². The van der Waals surface area contributed by atoms with Crippen LogP contribution in [-0.2, 0) is 13.2 Å².